The smallest absolute Gasteiger partial charge is 0.341 e. The zero-order valence-electron chi connectivity index (χ0n) is 25.6. The summed E-state index contributed by atoms with van der Waals surface area (Å²) >= 11 is 0. The van der Waals surface area contributed by atoms with Crippen LogP contribution in [-0.2, 0) is 33.3 Å². The van der Waals surface area contributed by atoms with E-state index in [0.29, 0.717) is 6.42 Å². The van der Waals surface area contributed by atoms with Gasteiger partial charge < -0.3 is 50.2 Å². The number of carbonyl (C=O) groups is 3. The molecular weight excluding hydrogens is 578 g/mol. The molecule has 3 heterocycles. The first-order valence-corrected chi connectivity index (χ1v) is 15.8. The molecular formula is C31H43NO12. The van der Waals surface area contributed by atoms with Gasteiger partial charge in [0.1, 0.15) is 30.2 Å². The van der Waals surface area contributed by atoms with Crippen molar-refractivity contribution >= 4 is 17.7 Å². The number of epoxide rings is 2. The van der Waals surface area contributed by atoms with Gasteiger partial charge >= 0.3 is 11.9 Å². The molecule has 13 nitrogen and oxygen atoms in total. The molecule has 0 aromatic carbocycles. The Kier molecular flexibility index (Phi) is 5.55. The summed E-state index contributed by atoms with van der Waals surface area (Å²) in [4.78, 5) is 40.1. The van der Waals surface area contributed by atoms with Crippen molar-refractivity contribution < 1.29 is 58.9 Å². The summed E-state index contributed by atoms with van der Waals surface area (Å²) in [6.07, 6.45) is -7.95. The Morgan fingerprint density at radius 1 is 0.977 bits per heavy atom. The van der Waals surface area contributed by atoms with Gasteiger partial charge in [0.05, 0.1) is 35.2 Å². The van der Waals surface area contributed by atoms with Gasteiger partial charge in [0.2, 0.25) is 5.79 Å². The van der Waals surface area contributed by atoms with E-state index in [1.807, 2.05) is 0 Å². The normalized spacial score (nSPS) is 65.9. The van der Waals surface area contributed by atoms with Gasteiger partial charge in [0.25, 0.3) is 0 Å². The van der Waals surface area contributed by atoms with Crippen LogP contribution in [0.5, 0.6) is 0 Å². The van der Waals surface area contributed by atoms with Gasteiger partial charge in [-0.25, -0.2) is 4.79 Å². The molecule has 13 heteroatoms. The number of rotatable bonds is 2. The van der Waals surface area contributed by atoms with E-state index in [-0.39, 0.29) is 6.10 Å². The van der Waals surface area contributed by atoms with Gasteiger partial charge in [-0.1, -0.05) is 13.8 Å². The first-order valence-electron chi connectivity index (χ1n) is 15.8. The monoisotopic (exact) mass is 621 g/mol. The van der Waals surface area contributed by atoms with Crippen LogP contribution >= 0.6 is 0 Å². The molecule has 5 saturated carbocycles. The molecule has 8 aliphatic rings. The molecule has 7 N–H and O–H groups in total. The maximum Gasteiger partial charge on any atom is 0.341 e. The SMILES string of the molecule is CC(=O)O[C@H]1C2[C@H](C3[C@@H](O)[C@@H]4[C@H]([C@H](C)[C@H]5O[C@]56OC(=O)[C@@](C)(O)[C@]46C)[C@@]3(C(C)=O)[C@H]1O)[C@@H](O)[C@@H](N)C1C[C@@H]3O[C@@H]3[C@H](O)[C@@]12C. The fourth-order valence-corrected chi connectivity index (χ4v) is 12.7. The summed E-state index contributed by atoms with van der Waals surface area (Å²) in [5.74, 6) is -9.75. The third-order valence-electron chi connectivity index (χ3n) is 14.7. The zero-order chi connectivity index (χ0) is 32.0. The number of aliphatic hydroxyl groups is 5. The van der Waals surface area contributed by atoms with Crippen molar-refractivity contribution in [2.24, 2.45) is 63.4 Å². The van der Waals surface area contributed by atoms with Crippen LogP contribution < -0.4 is 5.73 Å². The summed E-state index contributed by atoms with van der Waals surface area (Å²) in [6, 6.07) is -0.899. The molecule has 8 fully saturated rings. The fraction of sp³-hybridized carbons (Fsp3) is 0.903. The second-order valence-electron chi connectivity index (χ2n) is 15.8. The highest BCUT2D eigenvalue weighted by molar-refractivity contribution is 5.87. The number of ether oxygens (including phenoxy) is 4. The molecule has 3 unspecified atom stereocenters. The van der Waals surface area contributed by atoms with Crippen LogP contribution in [0.1, 0.15) is 48.0 Å². The van der Waals surface area contributed by atoms with Crippen LogP contribution in [0.15, 0.2) is 0 Å². The van der Waals surface area contributed by atoms with Gasteiger partial charge in [-0.15, -0.1) is 0 Å². The molecule has 3 aliphatic heterocycles. The average molecular weight is 622 g/mol. The summed E-state index contributed by atoms with van der Waals surface area (Å²) < 4.78 is 23.5. The maximum atomic E-state index is 14.3. The van der Waals surface area contributed by atoms with E-state index in [1.54, 1.807) is 20.8 Å². The number of ketones is 1. The van der Waals surface area contributed by atoms with Crippen LogP contribution in [0.3, 0.4) is 0 Å². The topological polar surface area (TPSA) is 222 Å². The summed E-state index contributed by atoms with van der Waals surface area (Å²) in [7, 11) is 0. The lowest BCUT2D eigenvalue weighted by molar-refractivity contribution is -0.277. The lowest BCUT2D eigenvalue weighted by atomic mass is 9.39. The van der Waals surface area contributed by atoms with E-state index in [1.165, 1.54) is 20.8 Å². The zero-order valence-corrected chi connectivity index (χ0v) is 25.6. The predicted octanol–water partition coefficient (Wildman–Crippen LogP) is -1.76. The van der Waals surface area contributed by atoms with Crippen molar-refractivity contribution in [3.05, 3.63) is 0 Å². The first-order chi connectivity index (χ1) is 20.4. The number of aliphatic hydroxyl groups excluding tert-OH is 4. The van der Waals surface area contributed by atoms with Gasteiger partial charge in [-0.3, -0.25) is 9.59 Å². The lowest BCUT2D eigenvalue weighted by Crippen LogP contribution is -2.77. The highest BCUT2D eigenvalue weighted by atomic mass is 16.8. The molecule has 0 aromatic rings. The third kappa shape index (κ3) is 2.75. The molecule has 8 rings (SSSR count). The van der Waals surface area contributed by atoms with E-state index in [0.717, 1.165) is 0 Å². The van der Waals surface area contributed by atoms with Crippen LogP contribution in [-0.4, -0.2) is 110 Å². The molecule has 21 atom stereocenters. The third-order valence-corrected chi connectivity index (χ3v) is 14.7. The molecule has 3 saturated heterocycles. The molecule has 0 radical (unpaired) electrons. The average Bonchev–Trinajstić information content (AvgIpc) is 3.84. The number of esters is 2. The fourth-order valence-electron chi connectivity index (χ4n) is 12.7. The van der Waals surface area contributed by atoms with Gasteiger partial charge in [-0.2, -0.15) is 0 Å². The van der Waals surface area contributed by atoms with Crippen molar-refractivity contribution in [3.63, 3.8) is 0 Å². The minimum atomic E-state index is -2.13. The minimum Gasteiger partial charge on any atom is -0.459 e. The standard InChI is InChI=1S/C31H43NO12/c1-8-14-17(28(5)29(6,40)26(39)44-31(28)25(8)43-31)20(36)15-13-16(22(41-10(3)34)24(38)30(14,15)9(2)33)27(4)11(18(32)19(13)35)7-12-21(42-12)23(27)37/h8,11-25,35-38,40H,7,32H2,1-6H3/t8-,11?,12-,13-,14-,15?,16?,17-,18-,19+,20+,21-,22-,23-,24-,25+,27-,28-,29+,30+,31-/m0/s1. The van der Waals surface area contributed by atoms with Crippen LogP contribution in [0, 0.1) is 57.7 Å². The van der Waals surface area contributed by atoms with Gasteiger partial charge in [-0.05, 0) is 50.9 Å². The van der Waals surface area contributed by atoms with Crippen molar-refractivity contribution in [2.75, 3.05) is 0 Å². The van der Waals surface area contributed by atoms with Gasteiger partial charge in [0.15, 0.2) is 5.60 Å². The van der Waals surface area contributed by atoms with Gasteiger partial charge in [0, 0.05) is 36.1 Å². The van der Waals surface area contributed by atoms with E-state index in [2.05, 4.69) is 0 Å². The number of Topliss-reactive ketones (excluding diaryl/α,β-unsaturated/α-hetero) is 1. The molecule has 0 aromatic heterocycles. The Bertz CT molecular complexity index is 1370. The molecule has 1 spiro atoms. The number of nitrogens with two attached hydrogens (primary N) is 1. The minimum absolute atomic E-state index is 0.235. The molecule has 44 heavy (non-hydrogen) atoms. The van der Waals surface area contributed by atoms with Crippen molar-refractivity contribution in [1.82, 2.24) is 0 Å². The molecule has 0 amide bonds. The Morgan fingerprint density at radius 2 is 1.64 bits per heavy atom. The van der Waals surface area contributed by atoms with Crippen molar-refractivity contribution in [2.45, 2.75) is 114 Å². The second-order valence-corrected chi connectivity index (χ2v) is 15.8. The van der Waals surface area contributed by atoms with E-state index in [4.69, 9.17) is 24.7 Å². The van der Waals surface area contributed by atoms with Crippen LogP contribution in [0.4, 0.5) is 0 Å². The van der Waals surface area contributed by atoms with Crippen molar-refractivity contribution in [1.29, 1.82) is 0 Å². The lowest BCUT2D eigenvalue weighted by Gasteiger charge is -2.66. The first kappa shape index (κ1) is 29.7. The Balaban J connectivity index is 1.38. The summed E-state index contributed by atoms with van der Waals surface area (Å²) in [6.45, 7) is 9.03. The quantitative estimate of drug-likeness (QED) is 0.149. The molecule has 0 bridgehead atoms. The Labute approximate surface area is 254 Å². The molecule has 5 aliphatic carbocycles. The van der Waals surface area contributed by atoms with E-state index in [9.17, 15) is 39.9 Å². The van der Waals surface area contributed by atoms with Crippen LogP contribution in [0.25, 0.3) is 0 Å². The number of hydrogen-bond donors (Lipinski definition) is 6. The Morgan fingerprint density at radius 3 is 2.25 bits per heavy atom. The van der Waals surface area contributed by atoms with E-state index >= 15 is 0 Å². The predicted molar refractivity (Wildman–Crippen MR) is 145 cm³/mol. The molecule has 244 valence electrons. The maximum absolute atomic E-state index is 14.3. The number of carbonyl (C=O) groups excluding carboxylic acids is 3. The second kappa shape index (κ2) is 8.22. The van der Waals surface area contributed by atoms with Crippen molar-refractivity contribution in [3.8, 4) is 0 Å². The Hall–Kier alpha value is -1.71. The largest absolute Gasteiger partial charge is 0.459 e. The number of hydrogen-bond acceptors (Lipinski definition) is 13. The highest BCUT2D eigenvalue weighted by Crippen LogP contribution is 2.80. The number of fused-ring (bicyclic) bond motifs is 9. The summed E-state index contributed by atoms with van der Waals surface area (Å²) in [5, 5.41) is 60.9. The highest BCUT2D eigenvalue weighted by Gasteiger charge is 2.93. The van der Waals surface area contributed by atoms with Crippen LogP contribution in [0.2, 0.25) is 0 Å². The van der Waals surface area contributed by atoms with E-state index < -0.39 is 136 Å². The summed E-state index contributed by atoms with van der Waals surface area (Å²) in [5.41, 5.74) is 0.154.